The molecule has 1 heterocycles. The van der Waals surface area contributed by atoms with Crippen LogP contribution in [0.25, 0.3) is 0 Å². The molecular formula is C17H25N5O3S. The zero-order valence-corrected chi connectivity index (χ0v) is 16.5. The molecule has 0 saturated carbocycles. The number of aryl methyl sites for hydroxylation is 2. The molecule has 8 nitrogen and oxygen atoms in total. The fourth-order valence-corrected chi connectivity index (χ4v) is 3.39. The zero-order valence-electron chi connectivity index (χ0n) is 15.7. The van der Waals surface area contributed by atoms with Crippen molar-refractivity contribution in [2.75, 3.05) is 21.1 Å². The lowest BCUT2D eigenvalue weighted by Crippen LogP contribution is -2.37. The number of guanidine groups is 1. The first-order valence-electron chi connectivity index (χ1n) is 8.13. The van der Waals surface area contributed by atoms with E-state index in [9.17, 15) is 8.42 Å². The predicted octanol–water partition coefficient (Wildman–Crippen LogP) is 1.41. The van der Waals surface area contributed by atoms with Crippen LogP contribution in [0.2, 0.25) is 0 Å². The number of nitrogens with zero attached hydrogens (tertiary/aromatic N) is 3. The zero-order chi connectivity index (χ0) is 19.3. The molecule has 0 unspecified atom stereocenters. The number of nitrogens with one attached hydrogen (secondary N) is 2. The second-order valence-corrected chi connectivity index (χ2v) is 8.04. The van der Waals surface area contributed by atoms with Gasteiger partial charge in [-0.25, -0.2) is 17.7 Å². The van der Waals surface area contributed by atoms with Gasteiger partial charge in [-0.3, -0.25) is 4.99 Å². The van der Waals surface area contributed by atoms with Crippen LogP contribution >= 0.6 is 0 Å². The van der Waals surface area contributed by atoms with E-state index in [1.807, 2.05) is 13.8 Å². The first-order valence-corrected chi connectivity index (χ1v) is 9.57. The van der Waals surface area contributed by atoms with Crippen molar-refractivity contribution in [2.45, 2.75) is 31.8 Å². The van der Waals surface area contributed by atoms with Crippen molar-refractivity contribution < 1.29 is 12.8 Å². The van der Waals surface area contributed by atoms with Crippen LogP contribution < -0.4 is 10.6 Å². The van der Waals surface area contributed by atoms with Crippen LogP contribution in [0.3, 0.4) is 0 Å². The average molecular weight is 379 g/mol. The molecule has 1 aromatic heterocycles. The van der Waals surface area contributed by atoms with Crippen LogP contribution in [0.15, 0.2) is 38.6 Å². The molecular weight excluding hydrogens is 354 g/mol. The van der Waals surface area contributed by atoms with Crippen LogP contribution in [-0.2, 0) is 23.1 Å². The summed E-state index contributed by atoms with van der Waals surface area (Å²) in [5.74, 6) is 1.88. The van der Waals surface area contributed by atoms with E-state index in [1.165, 1.54) is 18.4 Å². The minimum atomic E-state index is -3.51. The highest BCUT2D eigenvalue weighted by Crippen LogP contribution is 2.18. The Kier molecular flexibility index (Phi) is 6.38. The highest BCUT2D eigenvalue weighted by atomic mass is 32.2. The molecule has 0 saturated heterocycles. The molecule has 0 atom stereocenters. The molecule has 2 N–H and O–H groups in total. The van der Waals surface area contributed by atoms with Crippen molar-refractivity contribution in [3.63, 3.8) is 0 Å². The summed E-state index contributed by atoms with van der Waals surface area (Å²) in [6, 6.07) is 6.89. The highest BCUT2D eigenvalue weighted by molar-refractivity contribution is 7.89. The maximum absolute atomic E-state index is 12.4. The summed E-state index contributed by atoms with van der Waals surface area (Å²) in [5, 5.41) is 6.22. The topological polar surface area (TPSA) is 99.8 Å². The van der Waals surface area contributed by atoms with Crippen LogP contribution in [0.5, 0.6) is 0 Å². The Bertz CT molecular complexity index is 868. The van der Waals surface area contributed by atoms with Gasteiger partial charge < -0.3 is 15.1 Å². The van der Waals surface area contributed by atoms with E-state index in [1.54, 1.807) is 31.3 Å². The lowest BCUT2D eigenvalue weighted by atomic mass is 10.2. The molecule has 0 spiro atoms. The highest BCUT2D eigenvalue weighted by Gasteiger charge is 2.20. The van der Waals surface area contributed by atoms with E-state index in [0.717, 1.165) is 11.5 Å². The summed E-state index contributed by atoms with van der Waals surface area (Å²) < 4.78 is 31.6. The molecule has 1 aromatic carbocycles. The van der Waals surface area contributed by atoms with Crippen molar-refractivity contribution >= 4 is 16.0 Å². The minimum absolute atomic E-state index is 0.270. The molecule has 0 amide bonds. The molecule has 0 bridgehead atoms. The monoisotopic (exact) mass is 379 g/mol. The number of hydrogen-bond donors (Lipinski definition) is 2. The van der Waals surface area contributed by atoms with Gasteiger partial charge in [0.15, 0.2) is 5.96 Å². The van der Waals surface area contributed by atoms with Crippen molar-refractivity contribution in [2.24, 2.45) is 4.99 Å². The third-order valence-corrected chi connectivity index (χ3v) is 5.80. The number of hydrogen-bond acceptors (Lipinski definition) is 5. The predicted molar refractivity (Wildman–Crippen MR) is 100 cm³/mol. The van der Waals surface area contributed by atoms with E-state index in [0.29, 0.717) is 30.5 Å². The minimum Gasteiger partial charge on any atom is -0.444 e. The molecule has 0 aliphatic heterocycles. The van der Waals surface area contributed by atoms with Crippen molar-refractivity contribution in [3.8, 4) is 0 Å². The van der Waals surface area contributed by atoms with E-state index in [-0.39, 0.29) is 4.90 Å². The molecule has 0 fully saturated rings. The van der Waals surface area contributed by atoms with Gasteiger partial charge in [-0.15, -0.1) is 0 Å². The molecule has 2 rings (SSSR count). The van der Waals surface area contributed by atoms with E-state index in [2.05, 4.69) is 20.6 Å². The van der Waals surface area contributed by atoms with Gasteiger partial charge >= 0.3 is 0 Å². The maximum Gasteiger partial charge on any atom is 0.242 e. The van der Waals surface area contributed by atoms with Crippen LogP contribution in [0.4, 0.5) is 0 Å². The Hall–Kier alpha value is -2.39. The smallest absolute Gasteiger partial charge is 0.242 e. The Morgan fingerprint density at radius 2 is 1.85 bits per heavy atom. The largest absolute Gasteiger partial charge is 0.444 e. The standard InChI is InChI=1S/C17H25N5O3S/c1-12-13(2)25-16(21-12)11-20-17(18-3)19-10-14-8-6-7-9-15(14)26(23,24)22(4)5/h6-9H,10-11H2,1-5H3,(H2,18,19,20). The summed E-state index contributed by atoms with van der Waals surface area (Å²) in [6.07, 6.45) is 0. The van der Waals surface area contributed by atoms with E-state index < -0.39 is 10.0 Å². The van der Waals surface area contributed by atoms with Gasteiger partial charge in [0.1, 0.15) is 5.76 Å². The van der Waals surface area contributed by atoms with Crippen molar-refractivity contribution in [3.05, 3.63) is 47.2 Å². The lowest BCUT2D eigenvalue weighted by Gasteiger charge is -2.16. The van der Waals surface area contributed by atoms with Gasteiger partial charge in [-0.1, -0.05) is 18.2 Å². The second-order valence-electron chi connectivity index (χ2n) is 5.92. The number of rotatable bonds is 6. The summed E-state index contributed by atoms with van der Waals surface area (Å²) >= 11 is 0. The molecule has 142 valence electrons. The molecule has 0 radical (unpaired) electrons. The third-order valence-electron chi connectivity index (χ3n) is 3.88. The van der Waals surface area contributed by atoms with E-state index >= 15 is 0 Å². The van der Waals surface area contributed by atoms with Crippen molar-refractivity contribution in [1.29, 1.82) is 0 Å². The normalized spacial score (nSPS) is 12.5. The van der Waals surface area contributed by atoms with Gasteiger partial charge in [0.05, 0.1) is 17.1 Å². The Morgan fingerprint density at radius 1 is 1.19 bits per heavy atom. The first-order chi connectivity index (χ1) is 12.3. The summed E-state index contributed by atoms with van der Waals surface area (Å²) in [5.41, 5.74) is 1.51. The van der Waals surface area contributed by atoms with Crippen molar-refractivity contribution in [1.82, 2.24) is 19.9 Å². The molecule has 2 aromatic rings. The number of oxazole rings is 1. The number of sulfonamides is 1. The van der Waals surface area contributed by atoms with Crippen LogP contribution in [-0.4, -0.2) is 44.8 Å². The summed E-state index contributed by atoms with van der Waals surface area (Å²) in [4.78, 5) is 8.71. The fraction of sp³-hybridized carbons (Fsp3) is 0.412. The Morgan fingerprint density at radius 3 is 2.42 bits per heavy atom. The molecule has 9 heteroatoms. The Labute approximate surface area is 154 Å². The first kappa shape index (κ1) is 19.9. The van der Waals surface area contributed by atoms with Crippen LogP contribution in [0.1, 0.15) is 22.9 Å². The summed E-state index contributed by atoms with van der Waals surface area (Å²) in [7, 11) is 1.16. The van der Waals surface area contributed by atoms with Gasteiger partial charge in [-0.05, 0) is 25.5 Å². The average Bonchev–Trinajstić information content (AvgIpc) is 2.93. The third kappa shape index (κ3) is 4.61. The van der Waals surface area contributed by atoms with Gasteiger partial charge in [0, 0.05) is 27.7 Å². The number of aliphatic imine (C=N–C) groups is 1. The van der Waals surface area contributed by atoms with Gasteiger partial charge in [-0.2, -0.15) is 0 Å². The maximum atomic E-state index is 12.4. The Balaban J connectivity index is 2.05. The van der Waals surface area contributed by atoms with Gasteiger partial charge in [0.25, 0.3) is 0 Å². The molecule has 26 heavy (non-hydrogen) atoms. The number of benzene rings is 1. The molecule has 0 aliphatic rings. The summed E-state index contributed by atoms with van der Waals surface area (Å²) in [6.45, 7) is 4.44. The lowest BCUT2D eigenvalue weighted by molar-refractivity contribution is 0.463. The molecule has 0 aliphatic carbocycles. The SMILES string of the molecule is CN=C(NCc1nc(C)c(C)o1)NCc1ccccc1S(=O)(=O)N(C)C. The van der Waals surface area contributed by atoms with E-state index in [4.69, 9.17) is 4.42 Å². The van der Waals surface area contributed by atoms with Crippen LogP contribution in [0, 0.1) is 13.8 Å². The van der Waals surface area contributed by atoms with Gasteiger partial charge in [0.2, 0.25) is 15.9 Å². The number of aromatic nitrogens is 1. The second kappa shape index (κ2) is 8.33. The fourth-order valence-electron chi connectivity index (χ4n) is 2.27. The quantitative estimate of drug-likeness (QED) is 0.581.